The van der Waals surface area contributed by atoms with Crippen molar-refractivity contribution in [2.75, 3.05) is 20.3 Å². The molecule has 3 rings (SSSR count). The van der Waals surface area contributed by atoms with Crippen LogP contribution in [0.25, 0.3) is 0 Å². The third-order valence-electron chi connectivity index (χ3n) is 5.50. The molecule has 3 aromatic rings. The molecule has 0 radical (unpaired) electrons. The van der Waals surface area contributed by atoms with Crippen LogP contribution in [0.1, 0.15) is 24.5 Å². The van der Waals surface area contributed by atoms with E-state index < -0.39 is 24.4 Å². The SMILES string of the molecule is CCCNC(=O)C(Cc1ccccc1)N(Cc1cccc(OC)c1)C(=O)COc1ccccc1F. The number of amides is 2. The first-order valence-corrected chi connectivity index (χ1v) is 11.6. The number of hydrogen-bond acceptors (Lipinski definition) is 4. The van der Waals surface area contributed by atoms with Gasteiger partial charge in [0.1, 0.15) is 11.8 Å². The normalized spacial score (nSPS) is 11.4. The summed E-state index contributed by atoms with van der Waals surface area (Å²) in [6, 6.07) is 22.0. The molecule has 0 saturated heterocycles. The van der Waals surface area contributed by atoms with E-state index in [1.807, 2.05) is 61.5 Å². The van der Waals surface area contributed by atoms with Gasteiger partial charge in [-0.2, -0.15) is 0 Å². The summed E-state index contributed by atoms with van der Waals surface area (Å²) in [5.74, 6) is -0.604. The highest BCUT2D eigenvalue weighted by molar-refractivity contribution is 5.88. The number of methoxy groups -OCH3 is 1. The van der Waals surface area contributed by atoms with E-state index in [9.17, 15) is 14.0 Å². The van der Waals surface area contributed by atoms with Gasteiger partial charge in [-0.25, -0.2) is 4.39 Å². The zero-order valence-electron chi connectivity index (χ0n) is 20.1. The first kappa shape index (κ1) is 25.7. The van der Waals surface area contributed by atoms with Crippen LogP contribution in [-0.2, 0) is 22.6 Å². The molecule has 0 bridgehead atoms. The third-order valence-corrected chi connectivity index (χ3v) is 5.50. The molecule has 6 nitrogen and oxygen atoms in total. The molecule has 3 aromatic carbocycles. The van der Waals surface area contributed by atoms with Gasteiger partial charge in [-0.1, -0.05) is 61.5 Å². The average Bonchev–Trinajstić information content (AvgIpc) is 2.89. The van der Waals surface area contributed by atoms with Crippen molar-refractivity contribution in [2.45, 2.75) is 32.4 Å². The number of nitrogens with zero attached hydrogens (tertiary/aromatic N) is 1. The lowest BCUT2D eigenvalue weighted by molar-refractivity contribution is -0.142. The first-order chi connectivity index (χ1) is 17.0. The number of carbonyl (C=O) groups is 2. The number of ether oxygens (including phenoxy) is 2. The zero-order valence-corrected chi connectivity index (χ0v) is 20.1. The summed E-state index contributed by atoms with van der Waals surface area (Å²) in [6.45, 7) is 2.22. The van der Waals surface area contributed by atoms with E-state index in [2.05, 4.69) is 5.32 Å². The van der Waals surface area contributed by atoms with Crippen molar-refractivity contribution in [3.63, 3.8) is 0 Å². The zero-order chi connectivity index (χ0) is 25.0. The standard InChI is InChI=1S/C28H31FN2O4/c1-3-16-30-28(33)25(18-21-10-5-4-6-11-21)31(19-22-12-9-13-23(17-22)34-2)27(32)20-35-26-15-8-7-14-24(26)29/h4-15,17,25H,3,16,18-20H2,1-2H3,(H,30,33). The van der Waals surface area contributed by atoms with Gasteiger partial charge in [0.25, 0.3) is 5.91 Å². The van der Waals surface area contributed by atoms with Crippen LogP contribution in [-0.4, -0.2) is 43.0 Å². The van der Waals surface area contributed by atoms with Crippen molar-refractivity contribution in [1.29, 1.82) is 0 Å². The molecule has 0 heterocycles. The Morgan fingerprint density at radius 3 is 2.40 bits per heavy atom. The lowest BCUT2D eigenvalue weighted by atomic mass is 10.0. The predicted molar refractivity (Wildman–Crippen MR) is 133 cm³/mol. The minimum atomic E-state index is -0.785. The van der Waals surface area contributed by atoms with Gasteiger partial charge >= 0.3 is 0 Å². The van der Waals surface area contributed by atoms with Crippen LogP contribution >= 0.6 is 0 Å². The third kappa shape index (κ3) is 7.57. The maximum absolute atomic E-state index is 14.1. The Hall–Kier alpha value is -3.87. The molecule has 2 amide bonds. The summed E-state index contributed by atoms with van der Waals surface area (Å²) in [6.07, 6.45) is 1.09. The number of hydrogen-bond donors (Lipinski definition) is 1. The quantitative estimate of drug-likeness (QED) is 0.420. The molecule has 35 heavy (non-hydrogen) atoms. The maximum Gasteiger partial charge on any atom is 0.261 e. The molecule has 0 saturated carbocycles. The van der Waals surface area contributed by atoms with E-state index in [0.29, 0.717) is 18.7 Å². The number of para-hydroxylation sites is 1. The minimum absolute atomic E-state index is 0.0165. The van der Waals surface area contributed by atoms with Crippen LogP contribution in [0, 0.1) is 5.82 Å². The predicted octanol–water partition coefficient (Wildman–Crippen LogP) is 4.38. The van der Waals surface area contributed by atoms with E-state index in [-0.39, 0.29) is 18.2 Å². The summed E-state index contributed by atoms with van der Waals surface area (Å²) >= 11 is 0. The summed E-state index contributed by atoms with van der Waals surface area (Å²) in [4.78, 5) is 28.2. The van der Waals surface area contributed by atoms with Crippen LogP contribution in [0.3, 0.4) is 0 Å². The van der Waals surface area contributed by atoms with Crippen LogP contribution in [0.2, 0.25) is 0 Å². The Bertz CT molecular complexity index is 1110. The van der Waals surface area contributed by atoms with Crippen molar-refractivity contribution in [2.24, 2.45) is 0 Å². The van der Waals surface area contributed by atoms with Gasteiger partial charge in [0.2, 0.25) is 5.91 Å². The number of carbonyl (C=O) groups excluding carboxylic acids is 2. The molecule has 184 valence electrons. The van der Waals surface area contributed by atoms with E-state index in [0.717, 1.165) is 17.5 Å². The van der Waals surface area contributed by atoms with Gasteiger partial charge in [0.05, 0.1) is 7.11 Å². The summed E-state index contributed by atoms with van der Waals surface area (Å²) in [5, 5.41) is 2.92. The monoisotopic (exact) mass is 478 g/mol. The molecular formula is C28H31FN2O4. The Kier molecular flexibility index (Phi) is 9.66. The number of rotatable bonds is 12. The molecule has 1 atom stereocenters. The Labute approximate surface area is 205 Å². The lowest BCUT2D eigenvalue weighted by Gasteiger charge is -2.31. The maximum atomic E-state index is 14.1. The van der Waals surface area contributed by atoms with Gasteiger partial charge in [0.15, 0.2) is 18.2 Å². The molecule has 0 fully saturated rings. The van der Waals surface area contributed by atoms with Crippen LogP contribution in [0.4, 0.5) is 4.39 Å². The highest BCUT2D eigenvalue weighted by Gasteiger charge is 2.30. The summed E-state index contributed by atoms with van der Waals surface area (Å²) < 4.78 is 24.9. The molecule has 1 N–H and O–H groups in total. The molecular weight excluding hydrogens is 447 g/mol. The largest absolute Gasteiger partial charge is 0.497 e. The van der Waals surface area contributed by atoms with Gasteiger partial charge < -0.3 is 19.7 Å². The van der Waals surface area contributed by atoms with Crippen molar-refractivity contribution in [1.82, 2.24) is 10.2 Å². The molecule has 0 aliphatic carbocycles. The second-order valence-corrected chi connectivity index (χ2v) is 8.09. The number of halogens is 1. The van der Waals surface area contributed by atoms with Crippen molar-refractivity contribution in [3.8, 4) is 11.5 Å². The van der Waals surface area contributed by atoms with Crippen molar-refractivity contribution in [3.05, 3.63) is 95.8 Å². The fourth-order valence-electron chi connectivity index (χ4n) is 3.67. The topological polar surface area (TPSA) is 67.9 Å². The summed E-state index contributed by atoms with van der Waals surface area (Å²) in [5.41, 5.74) is 1.72. The van der Waals surface area contributed by atoms with E-state index in [1.165, 1.54) is 17.0 Å². The van der Waals surface area contributed by atoms with E-state index in [1.54, 1.807) is 19.2 Å². The number of benzene rings is 3. The smallest absolute Gasteiger partial charge is 0.261 e. The molecule has 1 unspecified atom stereocenters. The molecule has 0 spiro atoms. The molecule has 0 aromatic heterocycles. The lowest BCUT2D eigenvalue weighted by Crippen LogP contribution is -2.51. The highest BCUT2D eigenvalue weighted by atomic mass is 19.1. The van der Waals surface area contributed by atoms with Crippen LogP contribution < -0.4 is 14.8 Å². The first-order valence-electron chi connectivity index (χ1n) is 11.6. The molecule has 0 aliphatic heterocycles. The van der Waals surface area contributed by atoms with Crippen LogP contribution in [0.5, 0.6) is 11.5 Å². The fraction of sp³-hybridized carbons (Fsp3) is 0.286. The highest BCUT2D eigenvalue weighted by Crippen LogP contribution is 2.20. The van der Waals surface area contributed by atoms with E-state index >= 15 is 0 Å². The summed E-state index contributed by atoms with van der Waals surface area (Å²) in [7, 11) is 1.57. The second kappa shape index (κ2) is 13.1. The molecule has 7 heteroatoms. The second-order valence-electron chi connectivity index (χ2n) is 8.09. The van der Waals surface area contributed by atoms with Crippen molar-refractivity contribution >= 4 is 11.8 Å². The number of nitrogens with one attached hydrogen (secondary N) is 1. The fourth-order valence-corrected chi connectivity index (χ4v) is 3.67. The van der Waals surface area contributed by atoms with Gasteiger partial charge in [0, 0.05) is 19.5 Å². The van der Waals surface area contributed by atoms with Crippen LogP contribution in [0.15, 0.2) is 78.9 Å². The van der Waals surface area contributed by atoms with Gasteiger partial charge in [-0.3, -0.25) is 9.59 Å². The Morgan fingerprint density at radius 1 is 0.971 bits per heavy atom. The molecule has 0 aliphatic rings. The average molecular weight is 479 g/mol. The Balaban J connectivity index is 1.91. The van der Waals surface area contributed by atoms with Gasteiger partial charge in [-0.15, -0.1) is 0 Å². The minimum Gasteiger partial charge on any atom is -0.497 e. The van der Waals surface area contributed by atoms with E-state index in [4.69, 9.17) is 9.47 Å². The van der Waals surface area contributed by atoms with Gasteiger partial charge in [-0.05, 0) is 41.8 Å². The Morgan fingerprint density at radius 2 is 1.69 bits per heavy atom. The van der Waals surface area contributed by atoms with Crippen molar-refractivity contribution < 1.29 is 23.5 Å².